The molecule has 0 radical (unpaired) electrons. The first-order valence-electron chi connectivity index (χ1n) is 26.5. The molecule has 0 aromatic heterocycles. The summed E-state index contributed by atoms with van der Waals surface area (Å²) in [6, 6.07) is 95.7. The molecule has 1 heterocycles. The Morgan fingerprint density at radius 1 is 0.267 bits per heavy atom. The van der Waals surface area contributed by atoms with Crippen molar-refractivity contribution in [1.82, 2.24) is 0 Å². The Labute approximate surface area is 440 Å². The van der Waals surface area contributed by atoms with Crippen LogP contribution in [0.15, 0.2) is 255 Å². The van der Waals surface area contributed by atoms with Gasteiger partial charge in [-0.15, -0.1) is 0 Å². The first kappa shape index (κ1) is 43.6. The van der Waals surface area contributed by atoms with E-state index in [-0.39, 0.29) is 10.8 Å². The van der Waals surface area contributed by atoms with Gasteiger partial charge in [0.25, 0.3) is 0 Å². The normalized spacial score (nSPS) is 15.0. The van der Waals surface area contributed by atoms with Crippen LogP contribution in [-0.4, -0.2) is 0 Å². The second kappa shape index (κ2) is 16.0. The Kier molecular flexibility index (Phi) is 9.30. The van der Waals surface area contributed by atoms with Crippen molar-refractivity contribution in [1.29, 1.82) is 0 Å². The maximum Gasteiger partial charge on any atom is 0.0754 e. The summed E-state index contributed by atoms with van der Waals surface area (Å²) in [6.07, 6.45) is 0. The molecule has 0 fully saturated rings. The van der Waals surface area contributed by atoms with Crippen LogP contribution in [-0.2, 0) is 16.2 Å². The molecule has 3 aliphatic carbocycles. The first-order chi connectivity index (χ1) is 36.7. The third-order valence-corrected chi connectivity index (χ3v) is 17.5. The number of para-hydroxylation sites is 3. The molecule has 1 spiro atoms. The lowest BCUT2D eigenvalue weighted by atomic mass is 9.64. The molecular weight excluding hydrogens is 905 g/mol. The van der Waals surface area contributed by atoms with Gasteiger partial charge < -0.3 is 9.80 Å². The van der Waals surface area contributed by atoms with Gasteiger partial charge in [-0.05, 0) is 173 Å². The highest BCUT2D eigenvalue weighted by Crippen LogP contribution is 2.64. The van der Waals surface area contributed by atoms with Crippen LogP contribution >= 0.6 is 0 Å². The highest BCUT2D eigenvalue weighted by atomic mass is 15.2. The van der Waals surface area contributed by atoms with Crippen molar-refractivity contribution < 1.29 is 0 Å². The molecule has 75 heavy (non-hydrogen) atoms. The van der Waals surface area contributed by atoms with Crippen LogP contribution in [0, 0.1) is 0 Å². The first-order valence-corrected chi connectivity index (χ1v) is 26.5. The number of rotatable bonds is 6. The fraction of sp³-hybridized carbons (Fsp3) is 0.0959. The van der Waals surface area contributed by atoms with Gasteiger partial charge in [0.05, 0.1) is 16.8 Å². The lowest BCUT2D eigenvalue weighted by Gasteiger charge is -2.45. The summed E-state index contributed by atoms with van der Waals surface area (Å²) in [5.41, 5.74) is 29.7. The Bertz CT molecular complexity index is 4070. The van der Waals surface area contributed by atoms with E-state index in [4.69, 9.17) is 0 Å². The lowest BCUT2D eigenvalue weighted by Crippen LogP contribution is -2.36. The van der Waals surface area contributed by atoms with Gasteiger partial charge in [0, 0.05) is 33.6 Å². The molecule has 0 bridgehead atoms. The van der Waals surface area contributed by atoms with E-state index < -0.39 is 5.41 Å². The monoisotopic (exact) mass is 958 g/mol. The van der Waals surface area contributed by atoms with Crippen molar-refractivity contribution in [3.63, 3.8) is 0 Å². The van der Waals surface area contributed by atoms with Crippen molar-refractivity contribution in [3.05, 3.63) is 299 Å². The number of anilines is 6. The van der Waals surface area contributed by atoms with Crippen LogP contribution in [0.2, 0.25) is 0 Å². The predicted octanol–water partition coefficient (Wildman–Crippen LogP) is 19.2. The van der Waals surface area contributed by atoms with Gasteiger partial charge in [-0.1, -0.05) is 210 Å². The average molecular weight is 959 g/mol. The predicted molar refractivity (Wildman–Crippen MR) is 313 cm³/mol. The zero-order valence-electron chi connectivity index (χ0n) is 42.6. The molecule has 11 aromatic carbocycles. The minimum atomic E-state index is -0.523. The van der Waals surface area contributed by atoms with Gasteiger partial charge in [-0.25, -0.2) is 0 Å². The van der Waals surface area contributed by atoms with Crippen LogP contribution in [0.4, 0.5) is 34.1 Å². The van der Waals surface area contributed by atoms with Gasteiger partial charge in [-0.2, -0.15) is 0 Å². The summed E-state index contributed by atoms with van der Waals surface area (Å²) < 4.78 is 0. The Hall–Kier alpha value is -8.98. The van der Waals surface area contributed by atoms with E-state index in [1.165, 1.54) is 112 Å². The molecule has 11 aromatic rings. The minimum Gasteiger partial charge on any atom is -0.310 e. The second-order valence-electron chi connectivity index (χ2n) is 22.0. The van der Waals surface area contributed by atoms with Crippen molar-refractivity contribution in [2.24, 2.45) is 0 Å². The van der Waals surface area contributed by atoms with Crippen LogP contribution in [0.3, 0.4) is 0 Å². The van der Waals surface area contributed by atoms with Crippen LogP contribution in [0.25, 0.3) is 55.6 Å². The molecule has 15 rings (SSSR count). The molecule has 0 atom stereocenters. The highest BCUT2D eigenvalue weighted by Gasteiger charge is 2.52. The summed E-state index contributed by atoms with van der Waals surface area (Å²) in [4.78, 5) is 4.89. The molecule has 0 saturated heterocycles. The molecule has 4 aliphatic rings. The van der Waals surface area contributed by atoms with E-state index >= 15 is 0 Å². The van der Waals surface area contributed by atoms with E-state index in [1.54, 1.807) is 0 Å². The third kappa shape index (κ3) is 6.14. The van der Waals surface area contributed by atoms with Crippen molar-refractivity contribution in [3.8, 4) is 55.6 Å². The zero-order valence-corrected chi connectivity index (χ0v) is 42.6. The number of nitrogens with zero attached hydrogens (tertiary/aromatic N) is 2. The standard InChI is InChI=1S/C73H54N2/c1-71(2)61-23-11-8-20-55(61)58-41-34-49(44-66(58)71)47-30-36-52(37-31-47)74(54-40-43-59-56-21-9-12-24-62(56)72(3,4)67(59)46-54)53-38-32-48(33-39-53)50-35-42-60-57-22-10-13-25-63(57)73(68(60)45-50)64-26-14-16-28-69(64)75(51-18-6-5-7-19-51)70-29-17-15-27-65(70)73/h5-46H,1-4H3. The van der Waals surface area contributed by atoms with Gasteiger partial charge in [0.2, 0.25) is 0 Å². The summed E-state index contributed by atoms with van der Waals surface area (Å²) >= 11 is 0. The largest absolute Gasteiger partial charge is 0.310 e. The smallest absolute Gasteiger partial charge is 0.0754 e. The number of hydrogen-bond donors (Lipinski definition) is 0. The third-order valence-electron chi connectivity index (χ3n) is 17.5. The Balaban J connectivity index is 0.846. The van der Waals surface area contributed by atoms with Crippen molar-refractivity contribution in [2.45, 2.75) is 43.9 Å². The number of fused-ring (bicyclic) bond motifs is 15. The summed E-state index contributed by atoms with van der Waals surface area (Å²) in [5.74, 6) is 0. The number of hydrogen-bond acceptors (Lipinski definition) is 2. The lowest BCUT2D eigenvalue weighted by molar-refractivity contribution is 0.660. The summed E-state index contributed by atoms with van der Waals surface area (Å²) in [7, 11) is 0. The molecule has 1 aliphatic heterocycles. The minimum absolute atomic E-state index is 0.0602. The van der Waals surface area contributed by atoms with Gasteiger partial charge >= 0.3 is 0 Å². The molecule has 0 amide bonds. The zero-order chi connectivity index (χ0) is 50.2. The molecular formula is C73H54N2. The van der Waals surface area contributed by atoms with Crippen molar-refractivity contribution >= 4 is 34.1 Å². The van der Waals surface area contributed by atoms with E-state index in [2.05, 4.69) is 292 Å². The summed E-state index contributed by atoms with van der Waals surface area (Å²) in [6.45, 7) is 9.46. The van der Waals surface area contributed by atoms with Gasteiger partial charge in [-0.3, -0.25) is 0 Å². The van der Waals surface area contributed by atoms with Crippen LogP contribution in [0.1, 0.15) is 72.2 Å². The van der Waals surface area contributed by atoms with Crippen LogP contribution in [0.5, 0.6) is 0 Å². The molecule has 356 valence electrons. The Morgan fingerprint density at radius 2 is 0.627 bits per heavy atom. The maximum absolute atomic E-state index is 2.49. The fourth-order valence-electron chi connectivity index (χ4n) is 13.9. The van der Waals surface area contributed by atoms with Crippen molar-refractivity contribution in [2.75, 3.05) is 9.80 Å². The topological polar surface area (TPSA) is 6.48 Å². The molecule has 0 N–H and O–H groups in total. The van der Waals surface area contributed by atoms with Gasteiger partial charge in [0.1, 0.15) is 0 Å². The van der Waals surface area contributed by atoms with E-state index in [0.717, 1.165) is 22.7 Å². The van der Waals surface area contributed by atoms with E-state index in [1.807, 2.05) is 0 Å². The highest BCUT2D eigenvalue weighted by molar-refractivity contribution is 5.97. The van der Waals surface area contributed by atoms with Gasteiger partial charge in [0.15, 0.2) is 0 Å². The summed E-state index contributed by atoms with van der Waals surface area (Å²) in [5, 5.41) is 0. The molecule has 0 saturated carbocycles. The maximum atomic E-state index is 2.49. The SMILES string of the molecule is CC1(C)c2ccccc2-c2ccc(-c3ccc(N(c4ccc(-c5ccc6c(c5)C5(c7ccccc7-6)c6ccccc6N(c6ccccc6)c6ccccc65)cc4)c4ccc5c(c4)C(C)(C)c4ccccc4-5)cc3)cc21. The molecule has 0 unspecified atom stereocenters. The second-order valence-corrected chi connectivity index (χ2v) is 22.0. The van der Waals surface area contributed by atoms with Crippen LogP contribution < -0.4 is 9.80 Å². The molecule has 2 nitrogen and oxygen atoms in total. The Morgan fingerprint density at radius 3 is 1.16 bits per heavy atom. The fourth-order valence-corrected chi connectivity index (χ4v) is 13.9. The average Bonchev–Trinajstić information content (AvgIpc) is 4.16. The number of benzene rings is 11. The molecule has 2 heteroatoms. The van der Waals surface area contributed by atoms with E-state index in [9.17, 15) is 0 Å². The quantitative estimate of drug-likeness (QED) is 0.164. The van der Waals surface area contributed by atoms with E-state index in [0.29, 0.717) is 0 Å².